The van der Waals surface area contributed by atoms with E-state index < -0.39 is 17.5 Å². The van der Waals surface area contributed by atoms with E-state index in [4.69, 9.17) is 11.6 Å². The lowest BCUT2D eigenvalue weighted by Crippen LogP contribution is -2.17. The summed E-state index contributed by atoms with van der Waals surface area (Å²) in [5, 5.41) is 13.3. The molecule has 0 radical (unpaired) electrons. The summed E-state index contributed by atoms with van der Waals surface area (Å²) in [6.45, 7) is 0. The summed E-state index contributed by atoms with van der Waals surface area (Å²) in [5.74, 6) is -2.50. The standard InChI is InChI=1S/C14H9ClF2N2O2/c15-9-2-4-13(20)11(5-9)14(21)19-18-7-8-1-3-10(16)6-12(8)17/h1-7,20H,(H,19,21)/b18-7-. The predicted molar refractivity (Wildman–Crippen MR) is 74.5 cm³/mol. The lowest BCUT2D eigenvalue weighted by atomic mass is 10.2. The Bertz CT molecular complexity index is 720. The van der Waals surface area contributed by atoms with Gasteiger partial charge in [0, 0.05) is 16.7 Å². The van der Waals surface area contributed by atoms with Crippen molar-refractivity contribution in [3.63, 3.8) is 0 Å². The minimum atomic E-state index is -0.807. The van der Waals surface area contributed by atoms with Crippen LogP contribution in [0, 0.1) is 11.6 Å². The van der Waals surface area contributed by atoms with Crippen molar-refractivity contribution in [1.82, 2.24) is 5.43 Å². The maximum absolute atomic E-state index is 13.3. The largest absolute Gasteiger partial charge is 0.507 e. The quantitative estimate of drug-likeness (QED) is 0.676. The molecular weight excluding hydrogens is 302 g/mol. The Kier molecular flexibility index (Phi) is 4.49. The zero-order valence-electron chi connectivity index (χ0n) is 10.5. The number of phenols is 1. The molecule has 2 aromatic rings. The highest BCUT2D eigenvalue weighted by molar-refractivity contribution is 6.31. The third kappa shape index (κ3) is 3.76. The fraction of sp³-hybridized carbons (Fsp3) is 0. The van der Waals surface area contributed by atoms with Crippen LogP contribution in [0.5, 0.6) is 5.75 Å². The molecule has 0 heterocycles. The first kappa shape index (κ1) is 14.9. The number of hydrogen-bond acceptors (Lipinski definition) is 3. The molecule has 2 N–H and O–H groups in total. The van der Waals surface area contributed by atoms with Crippen LogP contribution in [-0.4, -0.2) is 17.2 Å². The number of halogens is 3. The predicted octanol–water partition coefficient (Wildman–Crippen LogP) is 3.09. The number of benzene rings is 2. The minimum Gasteiger partial charge on any atom is -0.507 e. The van der Waals surface area contributed by atoms with Crippen molar-refractivity contribution in [1.29, 1.82) is 0 Å². The fourth-order valence-corrected chi connectivity index (χ4v) is 1.69. The molecule has 108 valence electrons. The summed E-state index contributed by atoms with van der Waals surface area (Å²) in [5.41, 5.74) is 2.05. The smallest absolute Gasteiger partial charge is 0.275 e. The van der Waals surface area contributed by atoms with E-state index in [0.717, 1.165) is 12.3 Å². The Hall–Kier alpha value is -2.47. The van der Waals surface area contributed by atoms with Crippen molar-refractivity contribution >= 4 is 23.7 Å². The van der Waals surface area contributed by atoms with Gasteiger partial charge < -0.3 is 5.11 Å². The van der Waals surface area contributed by atoms with Gasteiger partial charge in [-0.3, -0.25) is 4.79 Å². The third-order valence-electron chi connectivity index (χ3n) is 2.54. The van der Waals surface area contributed by atoms with Gasteiger partial charge in [0.2, 0.25) is 0 Å². The summed E-state index contributed by atoms with van der Waals surface area (Å²) in [6.07, 6.45) is 1.02. The van der Waals surface area contributed by atoms with Crippen LogP contribution in [0.1, 0.15) is 15.9 Å². The Morgan fingerprint density at radius 2 is 2.00 bits per heavy atom. The van der Waals surface area contributed by atoms with Crippen LogP contribution < -0.4 is 5.43 Å². The van der Waals surface area contributed by atoms with E-state index in [-0.39, 0.29) is 21.9 Å². The number of aromatic hydroxyl groups is 1. The van der Waals surface area contributed by atoms with Gasteiger partial charge in [-0.25, -0.2) is 14.2 Å². The topological polar surface area (TPSA) is 61.7 Å². The molecule has 0 aliphatic heterocycles. The van der Waals surface area contributed by atoms with Crippen LogP contribution in [0.25, 0.3) is 0 Å². The van der Waals surface area contributed by atoms with Gasteiger partial charge in [0.15, 0.2) is 0 Å². The van der Waals surface area contributed by atoms with Gasteiger partial charge in [0.05, 0.1) is 11.8 Å². The first-order chi connectivity index (χ1) is 9.97. The second kappa shape index (κ2) is 6.32. The van der Waals surface area contributed by atoms with Crippen molar-refractivity contribution in [2.24, 2.45) is 5.10 Å². The number of hydrogen-bond donors (Lipinski definition) is 2. The molecule has 2 rings (SSSR count). The number of nitrogens with one attached hydrogen (secondary N) is 1. The highest BCUT2D eigenvalue weighted by Gasteiger charge is 2.10. The van der Waals surface area contributed by atoms with Crippen LogP contribution in [0.2, 0.25) is 5.02 Å². The zero-order chi connectivity index (χ0) is 15.4. The second-order valence-electron chi connectivity index (χ2n) is 4.03. The summed E-state index contributed by atoms with van der Waals surface area (Å²) >= 11 is 5.71. The molecule has 4 nitrogen and oxygen atoms in total. The Balaban J connectivity index is 2.10. The molecule has 2 aromatic carbocycles. The molecule has 7 heteroatoms. The molecule has 0 aromatic heterocycles. The number of hydrazone groups is 1. The summed E-state index contributed by atoms with van der Waals surface area (Å²) in [4.78, 5) is 11.7. The lowest BCUT2D eigenvalue weighted by Gasteiger charge is -2.03. The van der Waals surface area contributed by atoms with Crippen molar-refractivity contribution in [3.8, 4) is 5.75 Å². The Morgan fingerprint density at radius 1 is 1.24 bits per heavy atom. The number of rotatable bonds is 3. The monoisotopic (exact) mass is 310 g/mol. The maximum atomic E-state index is 13.3. The summed E-state index contributed by atoms with van der Waals surface area (Å²) < 4.78 is 26.0. The third-order valence-corrected chi connectivity index (χ3v) is 2.77. The highest BCUT2D eigenvalue weighted by atomic mass is 35.5. The fourth-order valence-electron chi connectivity index (χ4n) is 1.52. The van der Waals surface area contributed by atoms with Gasteiger partial charge in [-0.2, -0.15) is 5.10 Å². The molecule has 0 bridgehead atoms. The van der Waals surface area contributed by atoms with Gasteiger partial charge >= 0.3 is 0 Å². The van der Waals surface area contributed by atoms with E-state index in [1.54, 1.807) is 0 Å². The molecule has 0 spiro atoms. The molecule has 0 unspecified atom stereocenters. The summed E-state index contributed by atoms with van der Waals surface area (Å²) in [6, 6.07) is 6.89. The van der Waals surface area contributed by atoms with E-state index in [1.165, 1.54) is 24.3 Å². The second-order valence-corrected chi connectivity index (χ2v) is 4.46. The van der Waals surface area contributed by atoms with Gasteiger partial charge in [-0.1, -0.05) is 11.6 Å². The average molecular weight is 311 g/mol. The number of phenolic OH excluding ortho intramolecular Hbond substituents is 1. The van der Waals surface area contributed by atoms with Crippen LogP contribution in [0.15, 0.2) is 41.5 Å². The molecule has 0 atom stereocenters. The SMILES string of the molecule is O=C(N/N=C\c1ccc(F)cc1F)c1cc(Cl)ccc1O. The number of amides is 1. The van der Waals surface area contributed by atoms with Crippen molar-refractivity contribution in [2.45, 2.75) is 0 Å². The van der Waals surface area contributed by atoms with E-state index in [0.29, 0.717) is 6.07 Å². The number of carbonyl (C=O) groups is 1. The summed E-state index contributed by atoms with van der Waals surface area (Å²) in [7, 11) is 0. The highest BCUT2D eigenvalue weighted by Crippen LogP contribution is 2.21. The van der Waals surface area contributed by atoms with Crippen molar-refractivity contribution in [3.05, 3.63) is 64.2 Å². The first-order valence-corrected chi connectivity index (χ1v) is 6.12. The Morgan fingerprint density at radius 3 is 2.71 bits per heavy atom. The molecule has 0 aliphatic carbocycles. The number of carbonyl (C=O) groups excluding carboxylic acids is 1. The van der Waals surface area contributed by atoms with E-state index in [9.17, 15) is 18.7 Å². The zero-order valence-corrected chi connectivity index (χ0v) is 11.2. The van der Waals surface area contributed by atoms with Crippen molar-refractivity contribution in [2.75, 3.05) is 0 Å². The van der Waals surface area contributed by atoms with Crippen molar-refractivity contribution < 1.29 is 18.7 Å². The van der Waals surface area contributed by atoms with Gasteiger partial charge in [0.1, 0.15) is 17.4 Å². The average Bonchev–Trinajstić information content (AvgIpc) is 2.43. The minimum absolute atomic E-state index is 0.00650. The van der Waals surface area contributed by atoms with Gasteiger partial charge in [-0.05, 0) is 30.3 Å². The van der Waals surface area contributed by atoms with E-state index in [1.807, 2.05) is 0 Å². The Labute approximate surface area is 123 Å². The molecular formula is C14H9ClF2N2O2. The lowest BCUT2D eigenvalue weighted by molar-refractivity contribution is 0.0952. The molecule has 0 fully saturated rings. The van der Waals surface area contributed by atoms with E-state index >= 15 is 0 Å². The molecule has 0 saturated heterocycles. The molecule has 0 aliphatic rings. The first-order valence-electron chi connectivity index (χ1n) is 5.74. The molecule has 1 amide bonds. The number of nitrogens with zero attached hydrogens (tertiary/aromatic N) is 1. The molecule has 21 heavy (non-hydrogen) atoms. The van der Waals surface area contributed by atoms with Crippen LogP contribution in [0.3, 0.4) is 0 Å². The normalized spacial score (nSPS) is 10.8. The van der Waals surface area contributed by atoms with Crippen LogP contribution in [0.4, 0.5) is 8.78 Å². The van der Waals surface area contributed by atoms with Crippen LogP contribution in [-0.2, 0) is 0 Å². The van der Waals surface area contributed by atoms with Gasteiger partial charge in [0.25, 0.3) is 5.91 Å². The maximum Gasteiger partial charge on any atom is 0.275 e. The molecule has 0 saturated carbocycles. The van der Waals surface area contributed by atoms with Gasteiger partial charge in [-0.15, -0.1) is 0 Å². The van der Waals surface area contributed by atoms with E-state index in [2.05, 4.69) is 10.5 Å². The van der Waals surface area contributed by atoms with Crippen LogP contribution >= 0.6 is 11.6 Å².